The zero-order valence-electron chi connectivity index (χ0n) is 19.8. The van der Waals surface area contributed by atoms with Crippen molar-refractivity contribution < 1.29 is 19.0 Å². The summed E-state index contributed by atoms with van der Waals surface area (Å²) in [5.41, 5.74) is 3.55. The topological polar surface area (TPSA) is 58.6 Å². The predicted octanol–water partition coefficient (Wildman–Crippen LogP) is 7.06. The van der Waals surface area contributed by atoms with E-state index in [1.807, 2.05) is 43.3 Å². The molecule has 4 aromatic carbocycles. The molecular weight excluding hydrogens is 465 g/mol. The number of fused-ring (bicyclic) bond motifs is 1. The number of carbonyl (C=O) groups is 1. The van der Waals surface area contributed by atoms with Crippen LogP contribution in [-0.2, 0) is 6.42 Å². The fraction of sp³-hybridized carbons (Fsp3) is 0.207. The third-order valence-electron chi connectivity index (χ3n) is 5.96. The zero-order valence-corrected chi connectivity index (χ0v) is 20.6. The molecule has 0 aliphatic carbocycles. The van der Waals surface area contributed by atoms with Gasteiger partial charge in [0.2, 0.25) is 0 Å². The Morgan fingerprint density at radius 2 is 1.83 bits per heavy atom. The molecule has 0 bridgehead atoms. The second kappa shape index (κ2) is 11.8. The van der Waals surface area contributed by atoms with Crippen LogP contribution in [0.3, 0.4) is 0 Å². The highest BCUT2D eigenvalue weighted by atomic mass is 35.5. The van der Waals surface area contributed by atoms with Gasteiger partial charge in [0, 0.05) is 6.04 Å². The fourth-order valence-corrected chi connectivity index (χ4v) is 4.20. The molecule has 0 saturated carbocycles. The number of hydrogen-bond acceptors (Lipinski definition) is 3. The molecule has 0 aliphatic rings. The van der Waals surface area contributed by atoms with Crippen LogP contribution >= 0.6 is 12.4 Å². The summed E-state index contributed by atoms with van der Waals surface area (Å²) < 4.78 is 19.6. The highest BCUT2D eigenvalue weighted by molar-refractivity contribution is 5.99. The van der Waals surface area contributed by atoms with E-state index in [4.69, 9.17) is 4.74 Å². The first-order valence-electron chi connectivity index (χ1n) is 11.5. The molecule has 2 N–H and O–H groups in total. The summed E-state index contributed by atoms with van der Waals surface area (Å²) in [4.78, 5) is 11.5. The molecule has 4 nitrogen and oxygen atoms in total. The molecule has 0 unspecified atom stereocenters. The van der Waals surface area contributed by atoms with Gasteiger partial charge in [-0.25, -0.2) is 9.18 Å². The van der Waals surface area contributed by atoms with Crippen LogP contribution in [0.25, 0.3) is 21.9 Å². The highest BCUT2D eigenvalue weighted by Crippen LogP contribution is 2.32. The van der Waals surface area contributed by atoms with Crippen molar-refractivity contribution in [3.63, 3.8) is 0 Å². The van der Waals surface area contributed by atoms with Gasteiger partial charge in [-0.05, 0) is 84.1 Å². The van der Waals surface area contributed by atoms with Crippen LogP contribution in [-0.4, -0.2) is 24.2 Å². The molecule has 6 heteroatoms. The minimum Gasteiger partial charge on any atom is -0.494 e. The van der Waals surface area contributed by atoms with Gasteiger partial charge in [-0.1, -0.05) is 54.6 Å². The number of ether oxygens (including phenoxy) is 1. The molecule has 0 heterocycles. The molecule has 0 spiro atoms. The number of hydrogen-bond donors (Lipinski definition) is 2. The molecule has 35 heavy (non-hydrogen) atoms. The van der Waals surface area contributed by atoms with Crippen molar-refractivity contribution in [1.82, 2.24) is 5.32 Å². The molecule has 1 atom stereocenters. The molecule has 0 aliphatic heterocycles. The zero-order chi connectivity index (χ0) is 24.1. The molecule has 0 radical (unpaired) electrons. The van der Waals surface area contributed by atoms with Crippen LogP contribution in [0.2, 0.25) is 0 Å². The van der Waals surface area contributed by atoms with Crippen molar-refractivity contribution >= 4 is 29.1 Å². The summed E-state index contributed by atoms with van der Waals surface area (Å²) in [6.07, 6.45) is 0.792. The number of carboxylic acid groups (broad SMARTS) is 1. The first kappa shape index (κ1) is 26.2. The monoisotopic (exact) mass is 493 g/mol. The Bertz CT molecular complexity index is 1320. The van der Waals surface area contributed by atoms with Gasteiger partial charge < -0.3 is 15.2 Å². The quantitative estimate of drug-likeness (QED) is 0.262. The fourth-order valence-electron chi connectivity index (χ4n) is 4.20. The summed E-state index contributed by atoms with van der Waals surface area (Å²) in [6, 6.07) is 24.7. The number of aromatic carboxylic acids is 1. The van der Waals surface area contributed by atoms with Crippen molar-refractivity contribution in [2.24, 2.45) is 0 Å². The van der Waals surface area contributed by atoms with Crippen LogP contribution < -0.4 is 10.1 Å². The summed E-state index contributed by atoms with van der Waals surface area (Å²) in [5, 5.41) is 15.0. The normalized spacial score (nSPS) is 11.6. The summed E-state index contributed by atoms with van der Waals surface area (Å²) >= 11 is 0. The van der Waals surface area contributed by atoms with Gasteiger partial charge in [-0.15, -0.1) is 12.4 Å². The number of carboxylic acids is 1. The third-order valence-corrected chi connectivity index (χ3v) is 5.96. The van der Waals surface area contributed by atoms with E-state index >= 15 is 0 Å². The van der Waals surface area contributed by atoms with Gasteiger partial charge in [0.05, 0.1) is 12.2 Å². The Morgan fingerprint density at radius 1 is 1.03 bits per heavy atom. The number of benzene rings is 4. The summed E-state index contributed by atoms with van der Waals surface area (Å²) in [6.45, 7) is 5.50. The van der Waals surface area contributed by atoms with Crippen molar-refractivity contribution in [1.29, 1.82) is 0 Å². The summed E-state index contributed by atoms with van der Waals surface area (Å²) in [5.74, 6) is -1.14. The van der Waals surface area contributed by atoms with Crippen molar-refractivity contribution in [2.45, 2.75) is 26.3 Å². The average molecular weight is 494 g/mol. The first-order valence-corrected chi connectivity index (χ1v) is 11.5. The molecule has 0 aromatic heterocycles. The predicted molar refractivity (Wildman–Crippen MR) is 141 cm³/mol. The van der Waals surface area contributed by atoms with E-state index in [0.717, 1.165) is 46.2 Å². The molecule has 4 rings (SSSR count). The third kappa shape index (κ3) is 6.18. The standard InChI is InChI=1S/C29H28FNO3.ClH/c1-3-34-24-9-6-8-21(17-24)19(2)31-14-13-20-15-22-7-4-5-10-25(22)26(16-20)23-11-12-28(30)27(18-23)29(32)33;/h4-12,15-19,31H,3,13-14H2,1-2H3,(H,32,33);1H/t19-;/m1./s1. The lowest BCUT2D eigenvalue weighted by Crippen LogP contribution is -2.21. The van der Waals surface area contributed by atoms with Crippen LogP contribution in [0.4, 0.5) is 4.39 Å². The van der Waals surface area contributed by atoms with Crippen LogP contribution in [0.15, 0.2) is 78.9 Å². The second-order valence-corrected chi connectivity index (χ2v) is 8.30. The van der Waals surface area contributed by atoms with Crippen molar-refractivity contribution in [3.05, 3.63) is 101 Å². The minimum atomic E-state index is -1.27. The lowest BCUT2D eigenvalue weighted by atomic mass is 9.93. The van der Waals surface area contributed by atoms with Gasteiger partial charge in [0.25, 0.3) is 0 Å². The van der Waals surface area contributed by atoms with E-state index in [0.29, 0.717) is 12.2 Å². The SMILES string of the molecule is CCOc1cccc([C@@H](C)NCCc2cc(-c3ccc(F)c(C(=O)O)c3)c3ccccc3c2)c1.Cl. The Kier molecular flexibility index (Phi) is 8.85. The van der Waals surface area contributed by atoms with Gasteiger partial charge in [-0.3, -0.25) is 0 Å². The van der Waals surface area contributed by atoms with Crippen LogP contribution in [0.5, 0.6) is 5.75 Å². The molecular formula is C29H29ClFNO3. The van der Waals surface area contributed by atoms with E-state index in [2.05, 4.69) is 36.5 Å². The van der Waals surface area contributed by atoms with Gasteiger partial charge in [0.15, 0.2) is 0 Å². The van der Waals surface area contributed by atoms with E-state index in [1.54, 1.807) is 6.07 Å². The minimum absolute atomic E-state index is 0. The number of rotatable bonds is 9. The van der Waals surface area contributed by atoms with E-state index < -0.39 is 11.8 Å². The maximum absolute atomic E-state index is 14.0. The van der Waals surface area contributed by atoms with Gasteiger partial charge >= 0.3 is 5.97 Å². The molecule has 4 aromatic rings. The van der Waals surface area contributed by atoms with E-state index in [-0.39, 0.29) is 24.0 Å². The number of nitrogens with one attached hydrogen (secondary N) is 1. The van der Waals surface area contributed by atoms with E-state index in [9.17, 15) is 14.3 Å². The molecule has 0 fully saturated rings. The molecule has 0 amide bonds. The van der Waals surface area contributed by atoms with Crippen LogP contribution in [0.1, 0.15) is 41.4 Å². The Hall–Kier alpha value is -3.41. The van der Waals surface area contributed by atoms with Gasteiger partial charge in [-0.2, -0.15) is 0 Å². The lowest BCUT2D eigenvalue weighted by Gasteiger charge is -2.16. The number of halogens is 2. The second-order valence-electron chi connectivity index (χ2n) is 8.30. The summed E-state index contributed by atoms with van der Waals surface area (Å²) in [7, 11) is 0. The average Bonchev–Trinajstić information content (AvgIpc) is 2.84. The lowest BCUT2D eigenvalue weighted by molar-refractivity contribution is 0.0692. The Morgan fingerprint density at radius 3 is 2.60 bits per heavy atom. The maximum Gasteiger partial charge on any atom is 0.338 e. The van der Waals surface area contributed by atoms with E-state index in [1.165, 1.54) is 12.1 Å². The van der Waals surface area contributed by atoms with Crippen molar-refractivity contribution in [3.8, 4) is 16.9 Å². The van der Waals surface area contributed by atoms with Gasteiger partial charge in [0.1, 0.15) is 11.6 Å². The first-order chi connectivity index (χ1) is 16.5. The maximum atomic E-state index is 14.0. The van der Waals surface area contributed by atoms with Crippen molar-refractivity contribution in [2.75, 3.05) is 13.2 Å². The van der Waals surface area contributed by atoms with Crippen LogP contribution in [0, 0.1) is 5.82 Å². The Labute approximate surface area is 211 Å². The smallest absolute Gasteiger partial charge is 0.338 e. The highest BCUT2D eigenvalue weighted by Gasteiger charge is 2.14. The largest absolute Gasteiger partial charge is 0.494 e. The Balaban J connectivity index is 0.00000342. The molecule has 182 valence electrons. The molecule has 0 saturated heterocycles.